The Morgan fingerprint density at radius 2 is 1.58 bits per heavy atom. The molecule has 142 valence electrons. The van der Waals surface area contributed by atoms with Crippen molar-refractivity contribution in [2.24, 2.45) is 5.73 Å². The molecule has 1 amide bonds. The summed E-state index contributed by atoms with van der Waals surface area (Å²) in [6.45, 7) is 5.89. The second-order valence-corrected chi connectivity index (χ2v) is 6.18. The topological polar surface area (TPSA) is 73.6 Å². The molecule has 0 aliphatic rings. The summed E-state index contributed by atoms with van der Waals surface area (Å²) >= 11 is 0. The first-order valence-corrected chi connectivity index (χ1v) is 8.22. The van der Waals surface area contributed by atoms with Gasteiger partial charge in [-0.25, -0.2) is 0 Å². The summed E-state index contributed by atoms with van der Waals surface area (Å²) in [6.07, 6.45) is 0. The van der Waals surface area contributed by atoms with Crippen molar-refractivity contribution in [1.82, 2.24) is 5.32 Å². The number of rotatable bonds is 6. The fourth-order valence-electron chi connectivity index (χ4n) is 2.77. The Bertz CT molecular complexity index is 747. The van der Waals surface area contributed by atoms with Crippen LogP contribution in [-0.4, -0.2) is 20.1 Å². The van der Waals surface area contributed by atoms with Crippen LogP contribution < -0.4 is 20.5 Å². The molecule has 2 unspecified atom stereocenters. The first-order valence-electron chi connectivity index (χ1n) is 8.22. The van der Waals surface area contributed by atoms with Crippen molar-refractivity contribution >= 4 is 18.3 Å². The monoisotopic (exact) mass is 378 g/mol. The van der Waals surface area contributed by atoms with Gasteiger partial charge in [-0.3, -0.25) is 4.79 Å². The number of hydrogen-bond donors (Lipinski definition) is 2. The maximum atomic E-state index is 12.5. The summed E-state index contributed by atoms with van der Waals surface area (Å²) in [5.74, 6) is 1.08. The van der Waals surface area contributed by atoms with Gasteiger partial charge >= 0.3 is 0 Å². The fraction of sp³-hybridized carbons (Fsp3) is 0.350. The highest BCUT2D eigenvalue weighted by Crippen LogP contribution is 2.33. The van der Waals surface area contributed by atoms with Gasteiger partial charge in [0.2, 0.25) is 5.91 Å². The number of ether oxygens (including phenoxy) is 2. The summed E-state index contributed by atoms with van der Waals surface area (Å²) in [5.41, 5.74) is 9.99. The summed E-state index contributed by atoms with van der Waals surface area (Å²) in [6, 6.07) is 10.5. The first kappa shape index (κ1) is 21.8. The molecule has 0 saturated heterocycles. The van der Waals surface area contributed by atoms with Gasteiger partial charge in [-0.05, 0) is 49.6 Å². The third-order valence-electron chi connectivity index (χ3n) is 4.32. The van der Waals surface area contributed by atoms with Crippen molar-refractivity contribution < 1.29 is 14.3 Å². The average Bonchev–Trinajstić information content (AvgIpc) is 2.61. The number of methoxy groups -OCH3 is 2. The Morgan fingerprint density at radius 1 is 1.04 bits per heavy atom. The highest BCUT2D eigenvalue weighted by Gasteiger charge is 2.20. The predicted octanol–water partition coefficient (Wildman–Crippen LogP) is 3.62. The maximum Gasteiger partial charge on any atom is 0.241 e. The minimum Gasteiger partial charge on any atom is -0.493 e. The lowest BCUT2D eigenvalue weighted by Gasteiger charge is -2.21. The predicted molar refractivity (Wildman–Crippen MR) is 106 cm³/mol. The lowest BCUT2D eigenvalue weighted by Crippen LogP contribution is -2.35. The molecule has 0 bridgehead atoms. The van der Waals surface area contributed by atoms with Crippen LogP contribution in [-0.2, 0) is 4.79 Å². The highest BCUT2D eigenvalue weighted by molar-refractivity contribution is 5.85. The van der Waals surface area contributed by atoms with Crippen LogP contribution in [0.4, 0.5) is 0 Å². The smallest absolute Gasteiger partial charge is 0.241 e. The molecule has 0 heterocycles. The molecule has 2 atom stereocenters. The molecular formula is C20H27ClN2O3. The van der Waals surface area contributed by atoms with E-state index >= 15 is 0 Å². The minimum atomic E-state index is -0.705. The van der Waals surface area contributed by atoms with Crippen molar-refractivity contribution in [1.29, 1.82) is 0 Å². The lowest BCUT2D eigenvalue weighted by molar-refractivity contribution is -0.123. The van der Waals surface area contributed by atoms with E-state index in [-0.39, 0.29) is 24.4 Å². The molecule has 5 nitrogen and oxygen atoms in total. The van der Waals surface area contributed by atoms with Crippen LogP contribution in [0.3, 0.4) is 0 Å². The number of aryl methyl sites for hydroxylation is 2. The molecule has 0 spiro atoms. The van der Waals surface area contributed by atoms with Gasteiger partial charge in [-0.1, -0.05) is 29.8 Å². The van der Waals surface area contributed by atoms with Crippen molar-refractivity contribution in [2.75, 3.05) is 14.2 Å². The van der Waals surface area contributed by atoms with E-state index < -0.39 is 6.04 Å². The van der Waals surface area contributed by atoms with E-state index in [0.29, 0.717) is 11.5 Å². The van der Waals surface area contributed by atoms with Gasteiger partial charge in [-0.15, -0.1) is 12.4 Å². The molecule has 0 aliphatic heterocycles. The van der Waals surface area contributed by atoms with E-state index in [1.165, 1.54) is 0 Å². The van der Waals surface area contributed by atoms with E-state index in [0.717, 1.165) is 22.3 Å². The molecule has 2 aromatic carbocycles. The molecule has 2 aromatic rings. The highest BCUT2D eigenvalue weighted by atomic mass is 35.5. The summed E-state index contributed by atoms with van der Waals surface area (Å²) < 4.78 is 10.7. The number of amides is 1. The second kappa shape index (κ2) is 9.46. The Morgan fingerprint density at radius 3 is 2.12 bits per heavy atom. The molecule has 6 heteroatoms. The van der Waals surface area contributed by atoms with Gasteiger partial charge < -0.3 is 20.5 Å². The number of carbonyl (C=O) groups excluding carboxylic acids is 1. The minimum absolute atomic E-state index is 0. The van der Waals surface area contributed by atoms with Crippen molar-refractivity contribution in [3.63, 3.8) is 0 Å². The van der Waals surface area contributed by atoms with Crippen LogP contribution in [0.15, 0.2) is 36.4 Å². The molecular weight excluding hydrogens is 352 g/mol. The number of hydrogen-bond acceptors (Lipinski definition) is 4. The van der Waals surface area contributed by atoms with Crippen molar-refractivity contribution in [3.8, 4) is 11.5 Å². The number of benzene rings is 2. The third kappa shape index (κ3) is 4.90. The van der Waals surface area contributed by atoms with Crippen LogP contribution in [0.5, 0.6) is 11.5 Å². The summed E-state index contributed by atoms with van der Waals surface area (Å²) in [7, 11) is 3.19. The fourth-order valence-corrected chi connectivity index (χ4v) is 2.77. The van der Waals surface area contributed by atoms with Crippen LogP contribution in [0, 0.1) is 13.8 Å². The lowest BCUT2D eigenvalue weighted by atomic mass is 10.00. The molecule has 2 rings (SSSR count). The van der Waals surface area contributed by atoms with Gasteiger partial charge in [0.25, 0.3) is 0 Å². The second-order valence-electron chi connectivity index (χ2n) is 6.18. The Labute approximate surface area is 161 Å². The zero-order chi connectivity index (χ0) is 18.6. The number of nitrogens with one attached hydrogen (secondary N) is 1. The van der Waals surface area contributed by atoms with Crippen molar-refractivity contribution in [2.45, 2.75) is 32.9 Å². The molecule has 26 heavy (non-hydrogen) atoms. The van der Waals surface area contributed by atoms with Gasteiger partial charge in [0, 0.05) is 0 Å². The van der Waals surface area contributed by atoms with Gasteiger partial charge in [-0.2, -0.15) is 0 Å². The zero-order valence-corrected chi connectivity index (χ0v) is 16.6. The number of nitrogens with two attached hydrogens (primary N) is 1. The van der Waals surface area contributed by atoms with Crippen LogP contribution in [0.1, 0.15) is 41.3 Å². The van der Waals surface area contributed by atoms with E-state index in [1.54, 1.807) is 14.2 Å². The Hall–Kier alpha value is -2.24. The largest absolute Gasteiger partial charge is 0.493 e. The molecule has 0 aromatic heterocycles. The SMILES string of the molecule is COc1cc(C)c(C(C)NC(=O)C(N)c2ccc(C)cc2)cc1OC.Cl. The van der Waals surface area contributed by atoms with Crippen LogP contribution in [0.2, 0.25) is 0 Å². The van der Waals surface area contributed by atoms with Gasteiger partial charge in [0.1, 0.15) is 6.04 Å². The molecule has 0 radical (unpaired) electrons. The molecule has 0 aliphatic carbocycles. The normalized spacial score (nSPS) is 12.5. The quantitative estimate of drug-likeness (QED) is 0.805. The summed E-state index contributed by atoms with van der Waals surface area (Å²) in [4.78, 5) is 12.5. The number of carbonyl (C=O) groups is 1. The van der Waals surface area contributed by atoms with Crippen molar-refractivity contribution in [3.05, 3.63) is 58.7 Å². The van der Waals surface area contributed by atoms with E-state index in [2.05, 4.69) is 5.32 Å². The van der Waals surface area contributed by atoms with Crippen LogP contribution in [0.25, 0.3) is 0 Å². The summed E-state index contributed by atoms with van der Waals surface area (Å²) in [5, 5.41) is 2.98. The first-order chi connectivity index (χ1) is 11.9. The Kier molecular flexibility index (Phi) is 7.93. The standard InChI is InChI=1S/C20H26N2O3.ClH/c1-12-6-8-15(9-7-12)19(21)20(23)22-14(3)16-11-18(25-5)17(24-4)10-13(16)2;/h6-11,14,19H,21H2,1-5H3,(H,22,23);1H. The van der Waals surface area contributed by atoms with E-state index in [9.17, 15) is 4.79 Å². The zero-order valence-electron chi connectivity index (χ0n) is 15.8. The molecule has 0 fully saturated rings. The maximum absolute atomic E-state index is 12.5. The third-order valence-corrected chi connectivity index (χ3v) is 4.32. The van der Waals surface area contributed by atoms with Crippen LogP contribution >= 0.6 is 12.4 Å². The van der Waals surface area contributed by atoms with Gasteiger partial charge in [0.15, 0.2) is 11.5 Å². The average molecular weight is 379 g/mol. The molecule has 3 N–H and O–H groups in total. The Balaban J connectivity index is 0.00000338. The number of halogens is 1. The van der Waals surface area contributed by atoms with E-state index in [1.807, 2.05) is 57.2 Å². The van der Waals surface area contributed by atoms with Gasteiger partial charge in [0.05, 0.1) is 20.3 Å². The molecule has 0 saturated carbocycles. The van der Waals surface area contributed by atoms with E-state index in [4.69, 9.17) is 15.2 Å².